The van der Waals surface area contributed by atoms with Crippen LogP contribution in [0.5, 0.6) is 5.75 Å². The highest BCUT2D eigenvalue weighted by Crippen LogP contribution is 2.37. The number of ether oxygens (including phenoxy) is 4. The van der Waals surface area contributed by atoms with E-state index in [-0.39, 0.29) is 30.6 Å². The summed E-state index contributed by atoms with van der Waals surface area (Å²) in [4.78, 5) is 34.4. The Hall–Kier alpha value is -2.85. The van der Waals surface area contributed by atoms with Crippen molar-refractivity contribution >= 4 is 18.1 Å². The quantitative estimate of drug-likeness (QED) is 0.213. The lowest BCUT2D eigenvalue weighted by atomic mass is 9.84. The fourth-order valence-electron chi connectivity index (χ4n) is 6.17. The van der Waals surface area contributed by atoms with Gasteiger partial charge >= 0.3 is 12.2 Å². The molecule has 2 saturated heterocycles. The van der Waals surface area contributed by atoms with Crippen LogP contribution < -0.4 is 4.74 Å². The number of carbonyl (C=O) groups is 2. The highest BCUT2D eigenvalue weighted by atomic mass is 16.6. The highest BCUT2D eigenvalue weighted by Gasteiger charge is 2.50. The minimum atomic E-state index is -0.732. The van der Waals surface area contributed by atoms with E-state index in [9.17, 15) is 14.7 Å². The zero-order valence-electron chi connectivity index (χ0n) is 28.7. The molecule has 0 unspecified atom stereocenters. The monoisotopic (exact) mass is 631 g/mol. The Bertz CT molecular complexity index is 1090. The summed E-state index contributed by atoms with van der Waals surface area (Å²) >= 11 is 0. The molecule has 2 aliphatic heterocycles. The average molecular weight is 632 g/mol. The number of unbranched alkanes of at least 4 members (excludes halogenated alkanes) is 6. The van der Waals surface area contributed by atoms with E-state index in [1.807, 2.05) is 49.9 Å². The molecule has 1 N–H and O–H groups in total. The van der Waals surface area contributed by atoms with Crippen LogP contribution in [0.25, 0.3) is 0 Å². The first kappa shape index (κ1) is 36.6. The normalized spacial score (nSPS) is 21.2. The van der Waals surface area contributed by atoms with Gasteiger partial charge in [-0.3, -0.25) is 0 Å². The molecule has 10 nitrogen and oxygen atoms in total. The number of nitrogens with zero attached hydrogens (tertiary/aromatic N) is 3. The first-order valence-electron chi connectivity index (χ1n) is 16.7. The van der Waals surface area contributed by atoms with Crippen LogP contribution in [0, 0.1) is 5.92 Å². The van der Waals surface area contributed by atoms with Gasteiger partial charge < -0.3 is 29.0 Å². The van der Waals surface area contributed by atoms with E-state index in [2.05, 4.69) is 4.99 Å². The van der Waals surface area contributed by atoms with Gasteiger partial charge in [0.2, 0.25) is 5.96 Å². The molecule has 0 bridgehead atoms. The van der Waals surface area contributed by atoms with Gasteiger partial charge in [0.25, 0.3) is 0 Å². The summed E-state index contributed by atoms with van der Waals surface area (Å²) in [7, 11) is 1.67. The predicted octanol–water partition coefficient (Wildman–Crippen LogP) is 7.32. The number of guanidine groups is 1. The minimum Gasteiger partial charge on any atom is -0.497 e. The second kappa shape index (κ2) is 17.2. The third-order valence-electron chi connectivity index (χ3n) is 8.19. The van der Waals surface area contributed by atoms with Crippen LogP contribution in [0.1, 0.15) is 111 Å². The molecule has 3 rings (SSSR count). The zero-order chi connectivity index (χ0) is 33.0. The van der Waals surface area contributed by atoms with E-state index in [1.54, 1.807) is 27.9 Å². The van der Waals surface area contributed by atoms with Gasteiger partial charge in [-0.1, -0.05) is 50.7 Å². The molecule has 45 heavy (non-hydrogen) atoms. The molecule has 0 aliphatic carbocycles. The Labute approximate surface area is 270 Å². The summed E-state index contributed by atoms with van der Waals surface area (Å²) < 4.78 is 22.4. The van der Waals surface area contributed by atoms with Crippen LogP contribution in [0.4, 0.5) is 9.59 Å². The lowest BCUT2D eigenvalue weighted by Gasteiger charge is -2.49. The number of hydrogen-bond acceptors (Lipinski definition) is 7. The van der Waals surface area contributed by atoms with Crippen molar-refractivity contribution in [3.05, 3.63) is 29.8 Å². The van der Waals surface area contributed by atoms with Gasteiger partial charge in [0, 0.05) is 31.7 Å². The fourth-order valence-corrected chi connectivity index (χ4v) is 6.17. The van der Waals surface area contributed by atoms with Crippen molar-refractivity contribution in [2.45, 2.75) is 136 Å². The van der Waals surface area contributed by atoms with Gasteiger partial charge in [-0.15, -0.1) is 4.99 Å². The maximum atomic E-state index is 13.7. The number of methoxy groups -OCH3 is 1. The molecule has 2 heterocycles. The van der Waals surface area contributed by atoms with Crippen molar-refractivity contribution in [1.29, 1.82) is 0 Å². The second-order valence-corrected chi connectivity index (χ2v) is 14.2. The van der Waals surface area contributed by atoms with Crippen molar-refractivity contribution in [1.82, 2.24) is 9.80 Å². The number of fused-ring (bicyclic) bond motifs is 1. The molecule has 0 aromatic heterocycles. The number of hydrogen-bond donors (Lipinski definition) is 1. The summed E-state index contributed by atoms with van der Waals surface area (Å²) in [5.74, 6) is 0.976. The zero-order valence-corrected chi connectivity index (χ0v) is 28.7. The standard InChI is InChI=1S/C35H57N3O7/c1-34(2,3)44-32(40)36-31-37-22-15-17-29(37)28(24-39)30(38(31)33(41)45-35(4,5)6)16-13-11-9-8-10-12-14-23-43-25-26-18-20-27(42-7)21-19-26/h18-21,28-30,39H,8-17,22-25H2,1-7H3/b36-31+/t28-,29+,30-/m1/s1. The Balaban J connectivity index is 1.53. The SMILES string of the molecule is COc1ccc(COCCCCCCCCC[C@@H]2[C@H](CO)[C@@H]3CCCN3/C(=N\C(=O)OC(C)(C)C)N2C(=O)OC(C)(C)C)cc1. The van der Waals surface area contributed by atoms with Crippen LogP contribution >= 0.6 is 0 Å². The van der Waals surface area contributed by atoms with Gasteiger partial charge in [0.15, 0.2) is 0 Å². The van der Waals surface area contributed by atoms with Gasteiger partial charge in [0.05, 0.1) is 19.8 Å². The van der Waals surface area contributed by atoms with Crippen LogP contribution in [-0.4, -0.2) is 83.2 Å². The summed E-state index contributed by atoms with van der Waals surface area (Å²) in [6.45, 7) is 12.8. The minimum absolute atomic E-state index is 0.00631. The predicted molar refractivity (Wildman–Crippen MR) is 175 cm³/mol. The molecule has 2 fully saturated rings. The van der Waals surface area contributed by atoms with Crippen LogP contribution in [0.2, 0.25) is 0 Å². The van der Waals surface area contributed by atoms with Gasteiger partial charge in [-0.2, -0.15) is 0 Å². The van der Waals surface area contributed by atoms with Gasteiger partial charge in [0.1, 0.15) is 17.0 Å². The van der Waals surface area contributed by atoms with Crippen molar-refractivity contribution in [3.63, 3.8) is 0 Å². The number of aliphatic imine (C=N–C) groups is 1. The number of carbonyl (C=O) groups excluding carboxylic acids is 2. The van der Waals surface area contributed by atoms with Crippen molar-refractivity contribution in [2.24, 2.45) is 10.9 Å². The smallest absolute Gasteiger partial charge is 0.437 e. The lowest BCUT2D eigenvalue weighted by molar-refractivity contribution is -0.00111. The highest BCUT2D eigenvalue weighted by molar-refractivity contribution is 6.00. The molecular weight excluding hydrogens is 574 g/mol. The molecule has 254 valence electrons. The molecule has 3 atom stereocenters. The molecular formula is C35H57N3O7. The maximum absolute atomic E-state index is 13.7. The van der Waals surface area contributed by atoms with Crippen LogP contribution in [0.15, 0.2) is 29.3 Å². The molecule has 10 heteroatoms. The number of amides is 2. The van der Waals surface area contributed by atoms with Crippen LogP contribution in [0.3, 0.4) is 0 Å². The topological polar surface area (TPSA) is 110 Å². The van der Waals surface area contributed by atoms with E-state index in [0.717, 1.165) is 75.7 Å². The molecule has 0 saturated carbocycles. The number of aliphatic hydroxyl groups is 1. The van der Waals surface area contributed by atoms with Gasteiger partial charge in [-0.05, 0) is 84.9 Å². The average Bonchev–Trinajstić information content (AvgIpc) is 3.44. The summed E-state index contributed by atoms with van der Waals surface area (Å²) in [5, 5.41) is 10.6. The van der Waals surface area contributed by atoms with E-state index in [0.29, 0.717) is 19.6 Å². The number of aliphatic hydroxyl groups excluding tert-OH is 1. The van der Waals surface area contributed by atoms with E-state index in [1.165, 1.54) is 4.90 Å². The third-order valence-corrected chi connectivity index (χ3v) is 8.19. The van der Waals surface area contributed by atoms with Crippen LogP contribution in [-0.2, 0) is 20.8 Å². The molecule has 1 aromatic carbocycles. The Morgan fingerprint density at radius 1 is 0.911 bits per heavy atom. The molecule has 0 spiro atoms. The first-order chi connectivity index (χ1) is 21.3. The summed E-state index contributed by atoms with van der Waals surface area (Å²) in [6, 6.07) is 7.64. The molecule has 2 aliphatic rings. The molecule has 1 aromatic rings. The summed E-state index contributed by atoms with van der Waals surface area (Å²) in [6.07, 6.45) is 8.69. The first-order valence-corrected chi connectivity index (χ1v) is 16.7. The molecule has 2 amide bonds. The van der Waals surface area contributed by atoms with Crippen molar-refractivity contribution < 1.29 is 33.6 Å². The fraction of sp³-hybridized carbons (Fsp3) is 0.743. The Kier molecular flexibility index (Phi) is 14.0. The van der Waals surface area contributed by atoms with E-state index < -0.39 is 23.4 Å². The lowest BCUT2D eigenvalue weighted by Crippen LogP contribution is -2.65. The van der Waals surface area contributed by atoms with Gasteiger partial charge in [-0.25, -0.2) is 14.5 Å². The maximum Gasteiger partial charge on any atom is 0.437 e. The van der Waals surface area contributed by atoms with E-state index in [4.69, 9.17) is 18.9 Å². The number of benzene rings is 1. The Morgan fingerprint density at radius 2 is 1.53 bits per heavy atom. The third kappa shape index (κ3) is 11.8. The van der Waals surface area contributed by atoms with E-state index >= 15 is 0 Å². The summed E-state index contributed by atoms with van der Waals surface area (Å²) in [5.41, 5.74) is -0.296. The van der Waals surface area contributed by atoms with Crippen molar-refractivity contribution in [3.8, 4) is 5.75 Å². The Morgan fingerprint density at radius 3 is 2.13 bits per heavy atom. The largest absolute Gasteiger partial charge is 0.497 e. The number of rotatable bonds is 14. The molecule has 0 radical (unpaired) electrons. The van der Waals surface area contributed by atoms with Crippen molar-refractivity contribution in [2.75, 3.05) is 26.9 Å². The second-order valence-electron chi connectivity index (χ2n) is 14.2.